The third kappa shape index (κ3) is 8.20. The number of aliphatic hydroxyl groups excluding tert-OH is 2. The van der Waals surface area contributed by atoms with E-state index >= 15 is 0 Å². The Kier molecular flexibility index (Phi) is 12.7. The van der Waals surface area contributed by atoms with Crippen LogP contribution in [0.3, 0.4) is 0 Å². The van der Waals surface area contributed by atoms with E-state index in [1.165, 1.54) is 22.7 Å². The molecule has 9 nitrogen and oxygen atoms in total. The molecule has 3 aromatic heterocycles. The molecule has 0 saturated carbocycles. The van der Waals surface area contributed by atoms with E-state index in [1.807, 2.05) is 129 Å². The van der Waals surface area contributed by atoms with Gasteiger partial charge < -0.3 is 10.2 Å². The van der Waals surface area contributed by atoms with Crippen LogP contribution in [0.4, 0.5) is 0 Å². The van der Waals surface area contributed by atoms with Crippen molar-refractivity contribution in [1.82, 2.24) is 24.7 Å². The van der Waals surface area contributed by atoms with E-state index < -0.39 is 22.1 Å². The third-order valence-corrected chi connectivity index (χ3v) is 15.3. The number of benzene rings is 5. The zero-order valence-electron chi connectivity index (χ0n) is 33.2. The van der Waals surface area contributed by atoms with Gasteiger partial charge in [0.1, 0.15) is 16.2 Å². The van der Waals surface area contributed by atoms with E-state index in [0.717, 1.165) is 54.0 Å². The highest BCUT2D eigenvalue weighted by atomic mass is 35.5. The lowest BCUT2D eigenvalue weighted by Crippen LogP contribution is -2.33. The van der Waals surface area contributed by atoms with Gasteiger partial charge in [0.25, 0.3) is 5.56 Å². The number of hydrogen-bond donors (Lipinski definition) is 3. The smallest absolute Gasteiger partial charge is 0.349 e. The molecule has 0 fully saturated rings. The molecule has 0 saturated heterocycles. The molecule has 8 rings (SSSR count). The summed E-state index contributed by atoms with van der Waals surface area (Å²) in [7, 11) is 0. The molecule has 5 aromatic carbocycles. The summed E-state index contributed by atoms with van der Waals surface area (Å²) in [5.41, 5.74) is 4.27. The monoisotopic (exact) mass is 939 g/mol. The fourth-order valence-electron chi connectivity index (χ4n) is 7.22. The van der Waals surface area contributed by atoms with Crippen molar-refractivity contribution in [2.24, 2.45) is 0 Å². The predicted molar refractivity (Wildman–Crippen MR) is 253 cm³/mol. The van der Waals surface area contributed by atoms with Crippen molar-refractivity contribution >= 4 is 69.1 Å². The molecule has 15 heteroatoms. The molecule has 0 aliphatic carbocycles. The average molecular weight is 942 g/mol. The van der Waals surface area contributed by atoms with Crippen LogP contribution >= 0.6 is 69.1 Å². The van der Waals surface area contributed by atoms with Crippen molar-refractivity contribution in [2.75, 3.05) is 11.8 Å². The largest absolute Gasteiger partial charge is 0.392 e. The number of alkyl halides is 2. The summed E-state index contributed by atoms with van der Waals surface area (Å²) in [4.78, 5) is 40.2. The van der Waals surface area contributed by atoms with Crippen LogP contribution in [-0.4, -0.2) is 46.7 Å². The Morgan fingerprint density at radius 2 is 1.11 bits per heavy atom. The topological polar surface area (TPSA) is 134 Å². The molecular weight excluding hydrogens is 904 g/mol. The summed E-state index contributed by atoms with van der Waals surface area (Å²) >= 11 is 30.7. The number of nitrogens with one attached hydrogen (secondary N) is 1. The minimum absolute atomic E-state index is 0.0618. The number of nitrogens with zero attached hydrogens (tertiary/aromatic N) is 4. The molecule has 314 valence electrons. The van der Waals surface area contributed by atoms with Gasteiger partial charge in [0.2, 0.25) is 0 Å². The first-order valence-electron chi connectivity index (χ1n) is 19.3. The van der Waals surface area contributed by atoms with Crippen molar-refractivity contribution in [3.8, 4) is 49.1 Å². The van der Waals surface area contributed by atoms with Crippen LogP contribution in [0.1, 0.15) is 46.1 Å². The van der Waals surface area contributed by atoms with Gasteiger partial charge in [-0.1, -0.05) is 102 Å². The Hall–Kier alpha value is -4.95. The van der Waals surface area contributed by atoms with Crippen LogP contribution in [0.5, 0.6) is 0 Å². The number of H-pyrrole nitrogens is 1. The molecule has 8 aromatic rings. The molecule has 3 heterocycles. The first-order valence-corrected chi connectivity index (χ1v) is 22.8. The van der Waals surface area contributed by atoms with Gasteiger partial charge in [-0.15, -0.1) is 45.9 Å². The number of rotatable bonds is 13. The van der Waals surface area contributed by atoms with Crippen LogP contribution < -0.4 is 11.2 Å². The maximum absolute atomic E-state index is 13.4. The van der Waals surface area contributed by atoms with Crippen LogP contribution in [0.2, 0.25) is 10.0 Å². The molecule has 3 N–H and O–H groups in total. The SMILES string of the molecule is CC(CCl)(c1cc(-n2ncc(=O)[nH]c2=O)cc(C(C)(CCl)c2nc(-c3ccccc3Cl)c(-c3cccc(CO)c3)s2)c1)c1nc(-c2ccccc2Cl)c(-c2cccc(CO)c2)s1. The van der Waals surface area contributed by atoms with E-state index in [-0.39, 0.29) is 25.0 Å². The Bertz CT molecular complexity index is 2910. The first-order chi connectivity index (χ1) is 29.9. The molecule has 2 unspecified atom stereocenters. The second-order valence-electron chi connectivity index (χ2n) is 15.1. The van der Waals surface area contributed by atoms with Gasteiger partial charge in [-0.3, -0.25) is 9.78 Å². The normalized spacial score (nSPS) is 13.5. The quantitative estimate of drug-likeness (QED) is 0.0980. The molecule has 0 aliphatic heterocycles. The zero-order valence-corrected chi connectivity index (χ0v) is 37.9. The second kappa shape index (κ2) is 18.0. The maximum atomic E-state index is 13.4. The van der Waals surface area contributed by atoms with E-state index in [2.05, 4.69) is 10.1 Å². The standard InChI is InChI=1S/C47H37Cl4N5O4S2/c1-46(25-48,43-54-39(34-13-3-5-15-36(34)50)41(61-43)29-11-7-9-27(17-29)23-57)31-19-32(21-33(20-31)56-45(60)53-38(59)22-52-56)47(2,26-49)44-55-40(35-14-4-6-16-37(35)51)42(62-44)30-12-8-10-28(18-30)24-58/h3-22,57-58H,23-26H2,1-2H3,(H,53,59,60). The fraction of sp³-hybridized carbons (Fsp3) is 0.170. The van der Waals surface area contributed by atoms with Crippen molar-refractivity contribution in [1.29, 1.82) is 0 Å². The van der Waals surface area contributed by atoms with Gasteiger partial charge in [0, 0.05) is 22.9 Å². The second-order valence-corrected chi connectivity index (χ2v) is 18.5. The number of aromatic amines is 1. The molecule has 0 aliphatic rings. The van der Waals surface area contributed by atoms with Gasteiger partial charge in [0.15, 0.2) is 0 Å². The van der Waals surface area contributed by atoms with E-state index in [4.69, 9.17) is 56.4 Å². The van der Waals surface area contributed by atoms with E-state index in [0.29, 0.717) is 48.3 Å². The van der Waals surface area contributed by atoms with Gasteiger partial charge in [-0.05, 0) is 83.6 Å². The Morgan fingerprint density at radius 3 is 1.53 bits per heavy atom. The summed E-state index contributed by atoms with van der Waals surface area (Å²) in [5.74, 6) is 0.124. The number of thiazole rings is 2. The minimum atomic E-state index is -1.000. The highest BCUT2D eigenvalue weighted by Gasteiger charge is 2.39. The average Bonchev–Trinajstić information content (AvgIpc) is 3.96. The first kappa shape index (κ1) is 43.7. The molecule has 0 radical (unpaired) electrons. The van der Waals surface area contributed by atoms with Crippen LogP contribution in [0.15, 0.2) is 131 Å². The Labute approximate surface area is 384 Å². The molecule has 0 amide bonds. The van der Waals surface area contributed by atoms with Crippen molar-refractivity contribution in [3.63, 3.8) is 0 Å². The molecule has 0 bridgehead atoms. The lowest BCUT2D eigenvalue weighted by Gasteiger charge is -2.31. The highest BCUT2D eigenvalue weighted by molar-refractivity contribution is 7.16. The molecule has 62 heavy (non-hydrogen) atoms. The molecule has 0 spiro atoms. The number of aliphatic hydroxyl groups is 2. The van der Waals surface area contributed by atoms with Crippen molar-refractivity contribution in [3.05, 3.63) is 185 Å². The predicted octanol–water partition coefficient (Wildman–Crippen LogP) is 10.9. The van der Waals surface area contributed by atoms with Gasteiger partial charge in [-0.2, -0.15) is 9.78 Å². The third-order valence-electron chi connectivity index (χ3n) is 10.9. The highest BCUT2D eigenvalue weighted by Crippen LogP contribution is 2.49. The summed E-state index contributed by atoms with van der Waals surface area (Å²) in [6, 6.07) is 35.9. The van der Waals surface area contributed by atoms with E-state index in [1.54, 1.807) is 0 Å². The van der Waals surface area contributed by atoms with Crippen LogP contribution in [0, 0.1) is 0 Å². The molecular formula is C47H37Cl4N5O4S2. The van der Waals surface area contributed by atoms with Gasteiger partial charge >= 0.3 is 5.69 Å². The van der Waals surface area contributed by atoms with Gasteiger partial charge in [0.05, 0.1) is 60.9 Å². The maximum Gasteiger partial charge on any atom is 0.349 e. The summed E-state index contributed by atoms with van der Waals surface area (Å²) in [6.45, 7) is 3.70. The summed E-state index contributed by atoms with van der Waals surface area (Å²) in [6.07, 6.45) is 1.04. The fourth-order valence-corrected chi connectivity index (χ4v) is 10.9. The number of hydrogen-bond acceptors (Lipinski definition) is 9. The number of halogens is 4. The van der Waals surface area contributed by atoms with Gasteiger partial charge in [-0.25, -0.2) is 14.8 Å². The van der Waals surface area contributed by atoms with E-state index in [9.17, 15) is 19.8 Å². The molecule has 2 atom stereocenters. The minimum Gasteiger partial charge on any atom is -0.392 e. The Morgan fingerprint density at radius 1 is 0.645 bits per heavy atom. The Balaban J connectivity index is 1.37. The lowest BCUT2D eigenvalue weighted by molar-refractivity contribution is 0.281. The van der Waals surface area contributed by atoms with Crippen molar-refractivity contribution < 1.29 is 10.2 Å². The summed E-state index contributed by atoms with van der Waals surface area (Å²) in [5, 5.41) is 26.7. The van der Waals surface area contributed by atoms with Crippen molar-refractivity contribution in [2.45, 2.75) is 37.9 Å². The lowest BCUT2D eigenvalue weighted by atomic mass is 9.78. The van der Waals surface area contributed by atoms with Crippen LogP contribution in [0.25, 0.3) is 49.1 Å². The zero-order chi connectivity index (χ0) is 43.8. The van der Waals surface area contributed by atoms with Crippen LogP contribution in [-0.2, 0) is 24.0 Å². The number of aromatic nitrogens is 5. The summed E-state index contributed by atoms with van der Waals surface area (Å²) < 4.78 is 1.13.